The van der Waals surface area contributed by atoms with Gasteiger partial charge in [0.1, 0.15) is 6.17 Å². The fourth-order valence-electron chi connectivity index (χ4n) is 5.05. The SMILES string of the molecule is O=C(O)CCCCCC[C@@H]1[C@@H](CCC(O)/C=C\C2CCCCC2F)[C@H](O)C[C@@H]1O. The molecule has 0 heterocycles. The van der Waals surface area contributed by atoms with E-state index in [2.05, 4.69) is 0 Å². The van der Waals surface area contributed by atoms with Crippen LogP contribution >= 0.6 is 0 Å². The minimum Gasteiger partial charge on any atom is -0.481 e. The third-order valence-corrected chi connectivity index (χ3v) is 6.81. The molecule has 5 nitrogen and oxygen atoms in total. The van der Waals surface area contributed by atoms with E-state index in [1.165, 1.54) is 0 Å². The van der Waals surface area contributed by atoms with Crippen molar-refractivity contribution in [1.82, 2.24) is 0 Å². The standard InChI is InChI=1S/C23H39FO5/c24-20-9-6-5-7-16(20)11-12-17(25)13-14-19-18(21(26)15-22(19)27)8-3-1-2-4-10-23(28)29/h11-12,16-22,25-27H,1-10,13-15H2,(H,28,29)/b12-11-/t16?,17?,18-,19-,20?,21+,22-/m1/s1. The fraction of sp³-hybridized carbons (Fsp3) is 0.870. The molecule has 6 heteroatoms. The van der Waals surface area contributed by atoms with Crippen LogP contribution in [0.15, 0.2) is 12.2 Å². The van der Waals surface area contributed by atoms with E-state index in [0.717, 1.165) is 44.9 Å². The fourth-order valence-corrected chi connectivity index (χ4v) is 5.05. The summed E-state index contributed by atoms with van der Waals surface area (Å²) in [6.45, 7) is 0. The van der Waals surface area contributed by atoms with Gasteiger partial charge in [0.2, 0.25) is 0 Å². The van der Waals surface area contributed by atoms with Crippen LogP contribution in [0.2, 0.25) is 0 Å². The van der Waals surface area contributed by atoms with Gasteiger partial charge in [-0.2, -0.15) is 0 Å². The normalized spacial score (nSPS) is 33.9. The number of rotatable bonds is 12. The number of allylic oxidation sites excluding steroid dienone is 1. The number of unbranched alkanes of at least 4 members (excludes halogenated alkanes) is 3. The monoisotopic (exact) mass is 414 g/mol. The summed E-state index contributed by atoms with van der Waals surface area (Å²) in [4.78, 5) is 10.5. The maximum absolute atomic E-state index is 13.9. The van der Waals surface area contributed by atoms with Crippen molar-refractivity contribution >= 4 is 5.97 Å². The first kappa shape index (κ1) is 24.3. The Morgan fingerprint density at radius 3 is 2.34 bits per heavy atom. The lowest BCUT2D eigenvalue weighted by molar-refractivity contribution is -0.137. The van der Waals surface area contributed by atoms with Gasteiger partial charge in [0.05, 0.1) is 18.3 Å². The molecule has 168 valence electrons. The number of alkyl halides is 1. The first-order chi connectivity index (χ1) is 13.9. The third-order valence-electron chi connectivity index (χ3n) is 6.81. The zero-order chi connectivity index (χ0) is 21.2. The van der Waals surface area contributed by atoms with E-state index < -0.39 is 30.5 Å². The zero-order valence-corrected chi connectivity index (χ0v) is 17.5. The van der Waals surface area contributed by atoms with E-state index in [1.807, 2.05) is 6.08 Å². The molecular formula is C23H39FO5. The molecule has 7 atom stereocenters. The number of carbonyl (C=O) groups is 1. The lowest BCUT2D eigenvalue weighted by Crippen LogP contribution is -2.24. The summed E-state index contributed by atoms with van der Waals surface area (Å²) >= 11 is 0. The molecule has 2 fully saturated rings. The smallest absolute Gasteiger partial charge is 0.303 e. The van der Waals surface area contributed by atoms with Crippen LogP contribution < -0.4 is 0 Å². The van der Waals surface area contributed by atoms with Crippen molar-refractivity contribution in [2.24, 2.45) is 17.8 Å². The van der Waals surface area contributed by atoms with Crippen LogP contribution in [0.25, 0.3) is 0 Å². The first-order valence-corrected chi connectivity index (χ1v) is 11.5. The lowest BCUT2D eigenvalue weighted by atomic mass is 9.84. The zero-order valence-electron chi connectivity index (χ0n) is 17.5. The molecule has 0 radical (unpaired) electrons. The number of carboxylic acid groups (broad SMARTS) is 1. The van der Waals surface area contributed by atoms with Crippen LogP contribution in [-0.2, 0) is 4.79 Å². The van der Waals surface area contributed by atoms with Crippen LogP contribution in [-0.4, -0.2) is 50.9 Å². The van der Waals surface area contributed by atoms with Crippen molar-refractivity contribution in [3.63, 3.8) is 0 Å². The molecule has 3 unspecified atom stereocenters. The lowest BCUT2D eigenvalue weighted by Gasteiger charge is -2.25. The molecular weight excluding hydrogens is 375 g/mol. The van der Waals surface area contributed by atoms with Crippen LogP contribution in [0.4, 0.5) is 4.39 Å². The number of aliphatic hydroxyl groups is 3. The van der Waals surface area contributed by atoms with Gasteiger partial charge in [-0.25, -0.2) is 4.39 Å². The molecule has 0 amide bonds. The molecule has 0 aliphatic heterocycles. The molecule has 0 aromatic carbocycles. The second-order valence-electron chi connectivity index (χ2n) is 9.04. The summed E-state index contributed by atoms with van der Waals surface area (Å²) in [6, 6.07) is 0. The number of aliphatic carboxylic acids is 1. The Bertz CT molecular complexity index is 511. The second-order valence-corrected chi connectivity index (χ2v) is 9.04. The maximum Gasteiger partial charge on any atom is 0.303 e. The number of carboxylic acids is 1. The van der Waals surface area contributed by atoms with Gasteiger partial charge in [-0.05, 0) is 56.8 Å². The Balaban J connectivity index is 1.72. The van der Waals surface area contributed by atoms with Gasteiger partial charge in [0, 0.05) is 12.3 Å². The minimum absolute atomic E-state index is 0.0224. The van der Waals surface area contributed by atoms with Crippen molar-refractivity contribution in [3.05, 3.63) is 12.2 Å². The number of halogens is 1. The van der Waals surface area contributed by atoms with Gasteiger partial charge >= 0.3 is 5.97 Å². The second kappa shape index (κ2) is 12.7. The van der Waals surface area contributed by atoms with Crippen molar-refractivity contribution in [2.75, 3.05) is 0 Å². The molecule has 0 bridgehead atoms. The first-order valence-electron chi connectivity index (χ1n) is 11.5. The van der Waals surface area contributed by atoms with Crippen LogP contribution in [0.1, 0.15) is 83.5 Å². The molecule has 0 aromatic rings. The van der Waals surface area contributed by atoms with E-state index in [0.29, 0.717) is 32.1 Å². The predicted molar refractivity (Wildman–Crippen MR) is 110 cm³/mol. The third kappa shape index (κ3) is 8.35. The molecule has 2 aliphatic carbocycles. The average molecular weight is 415 g/mol. The summed E-state index contributed by atoms with van der Waals surface area (Å²) in [6.07, 6.45) is 10.3. The minimum atomic E-state index is -0.807. The Kier molecular flexibility index (Phi) is 10.6. The Labute approximate surface area is 174 Å². The van der Waals surface area contributed by atoms with E-state index in [-0.39, 0.29) is 24.2 Å². The highest BCUT2D eigenvalue weighted by Gasteiger charge is 2.40. The molecule has 0 aromatic heterocycles. The van der Waals surface area contributed by atoms with Crippen LogP contribution in [0, 0.1) is 17.8 Å². The summed E-state index contributed by atoms with van der Waals surface area (Å²) in [5.41, 5.74) is 0. The highest BCUT2D eigenvalue weighted by atomic mass is 19.1. The number of hydrogen-bond donors (Lipinski definition) is 4. The summed E-state index contributed by atoms with van der Waals surface area (Å²) < 4.78 is 13.9. The van der Waals surface area contributed by atoms with E-state index in [1.54, 1.807) is 6.08 Å². The van der Waals surface area contributed by atoms with Gasteiger partial charge in [-0.15, -0.1) is 0 Å². The maximum atomic E-state index is 13.9. The largest absolute Gasteiger partial charge is 0.481 e. The van der Waals surface area contributed by atoms with Gasteiger partial charge in [0.25, 0.3) is 0 Å². The molecule has 2 rings (SSSR count). The van der Waals surface area contributed by atoms with Gasteiger partial charge in [0.15, 0.2) is 0 Å². The van der Waals surface area contributed by atoms with E-state index in [4.69, 9.17) is 5.11 Å². The summed E-state index contributed by atoms with van der Waals surface area (Å²) in [5.74, 6) is -0.867. The quantitative estimate of drug-likeness (QED) is 0.286. The van der Waals surface area contributed by atoms with Gasteiger partial charge in [-0.3, -0.25) is 4.79 Å². The van der Waals surface area contributed by atoms with Crippen molar-refractivity contribution in [1.29, 1.82) is 0 Å². The molecule has 2 aliphatic rings. The molecule has 2 saturated carbocycles. The molecule has 0 spiro atoms. The number of aliphatic hydroxyl groups excluding tert-OH is 3. The average Bonchev–Trinajstić information content (AvgIpc) is 2.94. The summed E-state index contributed by atoms with van der Waals surface area (Å²) in [5, 5.41) is 39.6. The predicted octanol–water partition coefficient (Wildman–Crippen LogP) is 4.00. The highest BCUT2D eigenvalue weighted by molar-refractivity contribution is 5.66. The van der Waals surface area contributed by atoms with Crippen LogP contribution in [0.3, 0.4) is 0 Å². The van der Waals surface area contributed by atoms with E-state index in [9.17, 15) is 24.5 Å². The molecule has 4 N–H and O–H groups in total. The van der Waals surface area contributed by atoms with Crippen molar-refractivity contribution < 1.29 is 29.6 Å². The molecule has 0 saturated heterocycles. The van der Waals surface area contributed by atoms with E-state index >= 15 is 0 Å². The van der Waals surface area contributed by atoms with Crippen molar-refractivity contribution in [2.45, 2.75) is 108 Å². The summed E-state index contributed by atoms with van der Waals surface area (Å²) in [7, 11) is 0. The topological polar surface area (TPSA) is 98.0 Å². The highest BCUT2D eigenvalue weighted by Crippen LogP contribution is 2.39. The molecule has 29 heavy (non-hydrogen) atoms. The van der Waals surface area contributed by atoms with Crippen LogP contribution in [0.5, 0.6) is 0 Å². The Morgan fingerprint density at radius 1 is 1.00 bits per heavy atom. The van der Waals surface area contributed by atoms with Gasteiger partial charge in [-0.1, -0.05) is 44.3 Å². The Hall–Kier alpha value is -0.980. The number of hydrogen-bond acceptors (Lipinski definition) is 4. The van der Waals surface area contributed by atoms with Crippen molar-refractivity contribution in [3.8, 4) is 0 Å². The van der Waals surface area contributed by atoms with Gasteiger partial charge < -0.3 is 20.4 Å². The Morgan fingerprint density at radius 2 is 1.66 bits per heavy atom.